The number of carbonyl (C=O) groups excluding carboxylic acids is 2. The first-order valence-electron chi connectivity index (χ1n) is 12.6. The Morgan fingerprint density at radius 2 is 0.656 bits per heavy atom. The van der Waals surface area contributed by atoms with Crippen molar-refractivity contribution in [3.8, 4) is 0 Å². The third kappa shape index (κ3) is 6.37. The van der Waals surface area contributed by atoms with Crippen LogP contribution >= 0.6 is 0 Å². The van der Waals surface area contributed by atoms with Crippen LogP contribution in [0.1, 0.15) is 96.9 Å². The molecule has 0 aliphatic heterocycles. The molecule has 0 aromatic heterocycles. The van der Waals surface area contributed by atoms with Crippen molar-refractivity contribution in [3.63, 3.8) is 0 Å². The summed E-state index contributed by atoms with van der Waals surface area (Å²) in [6.07, 6.45) is 2.49. The highest BCUT2D eigenvalue weighted by molar-refractivity contribution is 6.85. The Morgan fingerprint density at radius 1 is 0.469 bits per heavy atom. The average molecular weight is 485 g/mol. The number of carbonyl (C=O) groups is 2. The van der Waals surface area contributed by atoms with Crippen molar-refractivity contribution in [1.29, 1.82) is 0 Å². The lowest BCUT2D eigenvalue weighted by Gasteiger charge is -2.46. The molecule has 0 saturated heterocycles. The highest BCUT2D eigenvalue weighted by atomic mass is 28.3. The van der Waals surface area contributed by atoms with Crippen LogP contribution in [0.3, 0.4) is 0 Å². The fourth-order valence-electron chi connectivity index (χ4n) is 7.58. The number of esters is 2. The molecular formula is C26H52O4Si2. The van der Waals surface area contributed by atoms with Gasteiger partial charge in [0.15, 0.2) is 0 Å². The van der Waals surface area contributed by atoms with E-state index in [-0.39, 0.29) is 11.5 Å². The summed E-state index contributed by atoms with van der Waals surface area (Å²) in [5, 5.41) is 0. The standard InChI is InChI=1S/C26H52O4Si2/c1-17(2)31(18(3)4,19(5)6)23(13)29-25(27)15-16-26(28)30-24(14)32(20(7)8,21(9)10)22(11)12/h15-24H,1-14H3/b16-15-. The van der Waals surface area contributed by atoms with Crippen LogP contribution in [0.5, 0.6) is 0 Å². The first kappa shape index (κ1) is 31.1. The van der Waals surface area contributed by atoms with Crippen molar-refractivity contribution < 1.29 is 19.1 Å². The van der Waals surface area contributed by atoms with Gasteiger partial charge >= 0.3 is 11.9 Å². The molecule has 0 amide bonds. The Bertz CT molecular complexity index is 538. The molecular weight excluding hydrogens is 432 g/mol. The molecule has 4 nitrogen and oxygen atoms in total. The first-order valence-corrected chi connectivity index (χ1v) is 17.2. The van der Waals surface area contributed by atoms with Gasteiger partial charge in [-0.2, -0.15) is 0 Å². The normalized spacial score (nSPS) is 15.5. The van der Waals surface area contributed by atoms with E-state index >= 15 is 0 Å². The Labute approximate surface area is 200 Å². The Morgan fingerprint density at radius 3 is 0.812 bits per heavy atom. The highest BCUT2D eigenvalue weighted by Gasteiger charge is 2.50. The average Bonchev–Trinajstić information content (AvgIpc) is 2.58. The molecule has 0 spiro atoms. The lowest BCUT2D eigenvalue weighted by molar-refractivity contribution is -0.142. The van der Waals surface area contributed by atoms with Gasteiger partial charge in [0.2, 0.25) is 0 Å². The second kappa shape index (κ2) is 12.5. The van der Waals surface area contributed by atoms with Crippen molar-refractivity contribution in [2.45, 2.75) is 142 Å². The van der Waals surface area contributed by atoms with E-state index < -0.39 is 28.1 Å². The molecule has 0 saturated carbocycles. The smallest absolute Gasteiger partial charge is 0.330 e. The van der Waals surface area contributed by atoms with Gasteiger partial charge in [0.25, 0.3) is 0 Å². The van der Waals surface area contributed by atoms with Crippen molar-refractivity contribution >= 4 is 28.1 Å². The zero-order valence-electron chi connectivity index (χ0n) is 23.4. The van der Waals surface area contributed by atoms with Crippen molar-refractivity contribution in [3.05, 3.63) is 12.2 Å². The SMILES string of the molecule is CC(C)[Si](C(C)C)(C(C)C)C(C)OC(=O)/C=C\C(=O)OC(C)[Si](C(C)C)(C(C)C)C(C)C. The molecule has 0 N–H and O–H groups in total. The summed E-state index contributed by atoms with van der Waals surface area (Å²) in [5.74, 6) is -0.915. The first-order chi connectivity index (χ1) is 14.5. The van der Waals surface area contributed by atoms with E-state index in [0.717, 1.165) is 0 Å². The third-order valence-electron chi connectivity index (χ3n) is 8.35. The molecule has 0 heterocycles. The molecule has 2 atom stereocenters. The Hall–Kier alpha value is -0.886. The lowest BCUT2D eigenvalue weighted by Crippen LogP contribution is -2.55. The summed E-state index contributed by atoms with van der Waals surface area (Å²) in [7, 11) is -3.85. The summed E-state index contributed by atoms with van der Waals surface area (Å²) in [6.45, 7) is 31.1. The molecule has 0 aliphatic rings. The molecule has 188 valence electrons. The van der Waals surface area contributed by atoms with Crippen LogP contribution in [0.2, 0.25) is 33.2 Å². The number of ether oxygens (including phenoxy) is 2. The maximum absolute atomic E-state index is 12.6. The van der Waals surface area contributed by atoms with Gasteiger partial charge in [0.1, 0.15) is 16.1 Å². The zero-order valence-corrected chi connectivity index (χ0v) is 25.4. The van der Waals surface area contributed by atoms with Crippen molar-refractivity contribution in [2.75, 3.05) is 0 Å². The molecule has 0 aromatic carbocycles. The van der Waals surface area contributed by atoms with E-state index in [1.807, 2.05) is 13.8 Å². The minimum absolute atomic E-state index is 0.127. The molecule has 0 aromatic rings. The number of hydrogen-bond acceptors (Lipinski definition) is 4. The van der Waals surface area contributed by atoms with Gasteiger partial charge in [0.05, 0.1) is 11.5 Å². The predicted octanol–water partition coefficient (Wildman–Crippen LogP) is 7.84. The van der Waals surface area contributed by atoms with Gasteiger partial charge in [0, 0.05) is 12.2 Å². The molecule has 2 unspecified atom stereocenters. The van der Waals surface area contributed by atoms with Gasteiger partial charge in [-0.25, -0.2) is 9.59 Å². The van der Waals surface area contributed by atoms with Crippen molar-refractivity contribution in [1.82, 2.24) is 0 Å². The van der Waals surface area contributed by atoms with Crippen LogP contribution < -0.4 is 0 Å². The second-order valence-corrected chi connectivity index (χ2v) is 24.0. The molecule has 0 bridgehead atoms. The maximum Gasteiger partial charge on any atom is 0.330 e. The van der Waals surface area contributed by atoms with E-state index in [9.17, 15) is 9.59 Å². The van der Waals surface area contributed by atoms with E-state index in [1.54, 1.807) is 0 Å². The van der Waals surface area contributed by atoms with E-state index in [4.69, 9.17) is 9.47 Å². The summed E-state index contributed by atoms with van der Waals surface area (Å²) in [6, 6.07) is 0. The summed E-state index contributed by atoms with van der Waals surface area (Å²) >= 11 is 0. The quantitative estimate of drug-likeness (QED) is 0.161. The molecule has 0 radical (unpaired) electrons. The minimum Gasteiger partial charge on any atom is -0.463 e. The zero-order chi connectivity index (χ0) is 25.6. The van der Waals surface area contributed by atoms with Crippen LogP contribution in [-0.4, -0.2) is 39.5 Å². The third-order valence-corrected chi connectivity index (χ3v) is 23.4. The molecule has 0 aliphatic carbocycles. The van der Waals surface area contributed by atoms with Gasteiger partial charge in [-0.05, 0) is 47.1 Å². The van der Waals surface area contributed by atoms with Crippen molar-refractivity contribution in [2.24, 2.45) is 0 Å². The molecule has 0 rings (SSSR count). The monoisotopic (exact) mass is 484 g/mol. The van der Waals surface area contributed by atoms with Gasteiger partial charge in [-0.3, -0.25) is 0 Å². The number of hydrogen-bond donors (Lipinski definition) is 0. The highest BCUT2D eigenvalue weighted by Crippen LogP contribution is 2.45. The second-order valence-electron chi connectivity index (χ2n) is 11.4. The Balaban J connectivity index is 5.44. The Kier molecular flexibility index (Phi) is 12.2. The van der Waals surface area contributed by atoms with Gasteiger partial charge in [-0.15, -0.1) is 0 Å². The maximum atomic E-state index is 12.6. The lowest BCUT2D eigenvalue weighted by atomic mass is 10.5. The summed E-state index contributed by atoms with van der Waals surface area (Å²) in [4.78, 5) is 25.2. The molecule has 6 heteroatoms. The van der Waals surface area contributed by atoms with Crippen LogP contribution in [0.15, 0.2) is 12.2 Å². The fraction of sp³-hybridized carbons (Fsp3) is 0.846. The van der Waals surface area contributed by atoms with Crippen LogP contribution in [0.25, 0.3) is 0 Å². The van der Waals surface area contributed by atoms with Crippen LogP contribution in [-0.2, 0) is 19.1 Å². The number of rotatable bonds is 12. The van der Waals surface area contributed by atoms with Gasteiger partial charge < -0.3 is 9.47 Å². The molecule has 0 fully saturated rings. The summed E-state index contributed by atoms with van der Waals surface area (Å²) in [5.41, 5.74) is 2.67. The molecule has 32 heavy (non-hydrogen) atoms. The van der Waals surface area contributed by atoms with Crippen LogP contribution in [0, 0.1) is 0 Å². The van der Waals surface area contributed by atoms with Crippen LogP contribution in [0.4, 0.5) is 0 Å². The van der Waals surface area contributed by atoms with E-state index in [2.05, 4.69) is 83.1 Å². The minimum atomic E-state index is -1.93. The summed E-state index contributed by atoms with van der Waals surface area (Å²) < 4.78 is 11.7. The van der Waals surface area contributed by atoms with E-state index in [0.29, 0.717) is 33.2 Å². The predicted molar refractivity (Wildman–Crippen MR) is 142 cm³/mol. The fourth-order valence-corrected chi connectivity index (χ4v) is 21.9. The van der Waals surface area contributed by atoms with E-state index in [1.165, 1.54) is 12.2 Å². The van der Waals surface area contributed by atoms with Gasteiger partial charge in [-0.1, -0.05) is 83.1 Å². The largest absolute Gasteiger partial charge is 0.463 e. The topological polar surface area (TPSA) is 52.6 Å².